The van der Waals surface area contributed by atoms with E-state index >= 15 is 0 Å². The Labute approximate surface area is 134 Å². The molecule has 0 saturated carbocycles. The zero-order valence-electron chi connectivity index (χ0n) is 13.0. The van der Waals surface area contributed by atoms with Crippen molar-refractivity contribution in [2.45, 2.75) is 19.8 Å². The second kappa shape index (κ2) is 7.35. The number of carbonyl (C=O) groups is 1. The molecular formula is C18H18N2O3. The molecule has 0 amide bonds. The standard InChI is InChI=1S/C18H18N2O3/c1-13(2)15-8-9-17(19-10-11-20(22)23)16(12-15)18(21)14-6-4-3-5-7-14/h3-13,19H,1-2H3. The summed E-state index contributed by atoms with van der Waals surface area (Å²) in [6.45, 7) is 4.09. The number of anilines is 1. The summed E-state index contributed by atoms with van der Waals surface area (Å²) in [6.07, 6.45) is 2.01. The van der Waals surface area contributed by atoms with Gasteiger partial charge in [-0.2, -0.15) is 0 Å². The molecule has 0 aliphatic carbocycles. The highest BCUT2D eigenvalue weighted by Gasteiger charge is 2.15. The molecule has 2 rings (SSSR count). The van der Waals surface area contributed by atoms with E-state index in [9.17, 15) is 14.9 Å². The molecule has 1 N–H and O–H groups in total. The Bertz CT molecular complexity index is 737. The topological polar surface area (TPSA) is 72.2 Å². The van der Waals surface area contributed by atoms with Gasteiger partial charge in [0.1, 0.15) is 0 Å². The lowest BCUT2D eigenvalue weighted by molar-refractivity contribution is -0.402. The first-order valence-electron chi connectivity index (χ1n) is 7.29. The van der Waals surface area contributed by atoms with Gasteiger partial charge in [-0.25, -0.2) is 0 Å². The van der Waals surface area contributed by atoms with E-state index in [4.69, 9.17) is 0 Å². The number of nitrogens with one attached hydrogen (secondary N) is 1. The van der Waals surface area contributed by atoms with E-state index in [0.717, 1.165) is 11.8 Å². The van der Waals surface area contributed by atoms with Crippen LogP contribution in [0.3, 0.4) is 0 Å². The summed E-state index contributed by atoms with van der Waals surface area (Å²) in [7, 11) is 0. The third-order valence-corrected chi connectivity index (χ3v) is 3.43. The summed E-state index contributed by atoms with van der Waals surface area (Å²) in [5, 5.41) is 13.2. The molecule has 0 radical (unpaired) electrons. The number of rotatable bonds is 6. The van der Waals surface area contributed by atoms with E-state index in [1.165, 1.54) is 6.20 Å². The van der Waals surface area contributed by atoms with Crippen LogP contribution in [0.25, 0.3) is 0 Å². The lowest BCUT2D eigenvalue weighted by Crippen LogP contribution is -2.07. The van der Waals surface area contributed by atoms with Crippen LogP contribution in [0, 0.1) is 10.1 Å². The van der Waals surface area contributed by atoms with Gasteiger partial charge in [0.05, 0.1) is 11.1 Å². The Morgan fingerprint density at radius 3 is 2.48 bits per heavy atom. The summed E-state index contributed by atoms with van der Waals surface area (Å²) in [4.78, 5) is 22.6. The number of hydrogen-bond donors (Lipinski definition) is 1. The zero-order chi connectivity index (χ0) is 16.8. The quantitative estimate of drug-likeness (QED) is 0.493. The third-order valence-electron chi connectivity index (χ3n) is 3.43. The van der Waals surface area contributed by atoms with Crippen LogP contribution in [-0.2, 0) is 0 Å². The van der Waals surface area contributed by atoms with E-state index in [1.807, 2.05) is 32.0 Å². The molecule has 23 heavy (non-hydrogen) atoms. The highest BCUT2D eigenvalue weighted by Crippen LogP contribution is 2.25. The maximum Gasteiger partial charge on any atom is 0.250 e. The molecular weight excluding hydrogens is 292 g/mol. The Morgan fingerprint density at radius 2 is 1.87 bits per heavy atom. The Hall–Kier alpha value is -2.95. The summed E-state index contributed by atoms with van der Waals surface area (Å²) in [6, 6.07) is 14.5. The maximum atomic E-state index is 12.7. The summed E-state index contributed by atoms with van der Waals surface area (Å²) < 4.78 is 0. The van der Waals surface area contributed by atoms with Crippen molar-refractivity contribution >= 4 is 11.5 Å². The molecule has 0 atom stereocenters. The fraction of sp³-hybridized carbons (Fsp3) is 0.167. The minimum atomic E-state index is -0.561. The van der Waals surface area contributed by atoms with Gasteiger partial charge in [-0.15, -0.1) is 0 Å². The molecule has 118 valence electrons. The van der Waals surface area contributed by atoms with Crippen LogP contribution in [0.4, 0.5) is 5.69 Å². The van der Waals surface area contributed by atoms with Crippen molar-refractivity contribution in [2.24, 2.45) is 0 Å². The second-order valence-corrected chi connectivity index (χ2v) is 5.40. The van der Waals surface area contributed by atoms with Crippen molar-refractivity contribution in [1.82, 2.24) is 0 Å². The average Bonchev–Trinajstić information content (AvgIpc) is 2.54. The highest BCUT2D eigenvalue weighted by molar-refractivity contribution is 6.12. The SMILES string of the molecule is CC(C)c1ccc(NC=C[N+](=O)[O-])c(C(=O)c2ccccc2)c1. The molecule has 0 heterocycles. The normalized spacial score (nSPS) is 10.9. The van der Waals surface area contributed by atoms with Gasteiger partial charge in [-0.05, 0) is 23.6 Å². The van der Waals surface area contributed by atoms with Gasteiger partial charge in [0.25, 0.3) is 0 Å². The molecule has 2 aromatic carbocycles. The summed E-state index contributed by atoms with van der Waals surface area (Å²) in [5.41, 5.74) is 2.65. The van der Waals surface area contributed by atoms with Crippen molar-refractivity contribution < 1.29 is 9.72 Å². The third kappa shape index (κ3) is 4.26. The lowest BCUT2D eigenvalue weighted by Gasteiger charge is -2.13. The van der Waals surface area contributed by atoms with E-state index in [0.29, 0.717) is 16.8 Å². The first kappa shape index (κ1) is 16.4. The number of carbonyl (C=O) groups excluding carboxylic acids is 1. The molecule has 2 aromatic rings. The molecule has 0 unspecified atom stereocenters. The Kier molecular flexibility index (Phi) is 5.25. The van der Waals surface area contributed by atoms with Crippen LogP contribution >= 0.6 is 0 Å². The second-order valence-electron chi connectivity index (χ2n) is 5.40. The minimum Gasteiger partial charge on any atom is -0.356 e. The van der Waals surface area contributed by atoms with E-state index in [-0.39, 0.29) is 11.7 Å². The first-order chi connectivity index (χ1) is 11.0. The molecule has 5 heteroatoms. The first-order valence-corrected chi connectivity index (χ1v) is 7.29. The monoisotopic (exact) mass is 310 g/mol. The van der Waals surface area contributed by atoms with Gasteiger partial charge in [0.2, 0.25) is 6.20 Å². The van der Waals surface area contributed by atoms with Crippen LogP contribution in [0.1, 0.15) is 41.3 Å². The molecule has 0 aliphatic heterocycles. The van der Waals surface area contributed by atoms with Gasteiger partial charge >= 0.3 is 0 Å². The minimum absolute atomic E-state index is 0.120. The molecule has 0 saturated heterocycles. The number of benzene rings is 2. The van der Waals surface area contributed by atoms with Crippen LogP contribution < -0.4 is 5.32 Å². The maximum absolute atomic E-state index is 12.7. The van der Waals surface area contributed by atoms with Crippen molar-refractivity contribution in [3.63, 3.8) is 0 Å². The van der Waals surface area contributed by atoms with Crippen LogP contribution in [-0.4, -0.2) is 10.7 Å². The highest BCUT2D eigenvalue weighted by atomic mass is 16.6. The van der Waals surface area contributed by atoms with Crippen LogP contribution in [0.5, 0.6) is 0 Å². The van der Waals surface area contributed by atoms with Crippen molar-refractivity contribution in [2.75, 3.05) is 5.32 Å². The molecule has 5 nitrogen and oxygen atoms in total. The lowest BCUT2D eigenvalue weighted by atomic mass is 9.95. The van der Waals surface area contributed by atoms with Crippen molar-refractivity contribution in [1.29, 1.82) is 0 Å². The zero-order valence-corrected chi connectivity index (χ0v) is 13.0. The predicted octanol–water partition coefficient (Wildman–Crippen LogP) is 4.20. The van der Waals surface area contributed by atoms with E-state index < -0.39 is 4.92 Å². The average molecular weight is 310 g/mol. The van der Waals surface area contributed by atoms with Crippen molar-refractivity contribution in [3.05, 3.63) is 87.7 Å². The van der Waals surface area contributed by atoms with Gasteiger partial charge in [0, 0.05) is 16.8 Å². The smallest absolute Gasteiger partial charge is 0.250 e. The molecule has 0 spiro atoms. The van der Waals surface area contributed by atoms with E-state index in [1.54, 1.807) is 30.3 Å². The fourth-order valence-electron chi connectivity index (χ4n) is 2.17. The van der Waals surface area contributed by atoms with Crippen LogP contribution in [0.2, 0.25) is 0 Å². The van der Waals surface area contributed by atoms with Gasteiger partial charge in [-0.3, -0.25) is 14.9 Å². The number of hydrogen-bond acceptors (Lipinski definition) is 4. The van der Waals surface area contributed by atoms with Gasteiger partial charge in [0.15, 0.2) is 5.78 Å². The van der Waals surface area contributed by atoms with Crippen molar-refractivity contribution in [3.8, 4) is 0 Å². The van der Waals surface area contributed by atoms with Crippen LogP contribution in [0.15, 0.2) is 60.9 Å². The fourth-order valence-corrected chi connectivity index (χ4v) is 2.17. The van der Waals surface area contributed by atoms with Gasteiger partial charge in [-0.1, -0.05) is 50.2 Å². The van der Waals surface area contributed by atoms with E-state index in [2.05, 4.69) is 5.32 Å². The number of nitrogens with zero attached hydrogens (tertiary/aromatic N) is 1. The Morgan fingerprint density at radius 1 is 1.17 bits per heavy atom. The molecule has 0 fully saturated rings. The van der Waals surface area contributed by atoms with Gasteiger partial charge < -0.3 is 5.32 Å². The molecule has 0 bridgehead atoms. The molecule has 0 aromatic heterocycles. The summed E-state index contributed by atoms with van der Waals surface area (Å²) >= 11 is 0. The number of nitro groups is 1. The summed E-state index contributed by atoms with van der Waals surface area (Å²) in [5.74, 6) is 0.158. The molecule has 0 aliphatic rings. The Balaban J connectivity index is 2.42. The largest absolute Gasteiger partial charge is 0.356 e. The predicted molar refractivity (Wildman–Crippen MR) is 90.2 cm³/mol. The number of ketones is 1.